The fourth-order valence-electron chi connectivity index (χ4n) is 5.24. The molecule has 2 atom stereocenters. The van der Waals surface area contributed by atoms with Gasteiger partial charge in [-0.25, -0.2) is 0 Å². The topological polar surface area (TPSA) is 67.8 Å². The van der Waals surface area contributed by atoms with Crippen molar-refractivity contribution in [3.8, 4) is 11.1 Å². The van der Waals surface area contributed by atoms with Gasteiger partial charge in [-0.05, 0) is 70.2 Å². The molecule has 0 spiro atoms. The number of hydrogen-bond donors (Lipinski definition) is 2. The van der Waals surface area contributed by atoms with Gasteiger partial charge in [0.2, 0.25) is 6.29 Å². The first-order valence-electron chi connectivity index (χ1n) is 12.8. The normalized spacial score (nSPS) is 20.2. The van der Waals surface area contributed by atoms with Gasteiger partial charge in [0.1, 0.15) is 0 Å². The zero-order valence-electron chi connectivity index (χ0n) is 20.3. The summed E-state index contributed by atoms with van der Waals surface area (Å²) in [6, 6.07) is 22.8. The van der Waals surface area contributed by atoms with Crippen LogP contribution in [-0.4, -0.2) is 23.8 Å². The van der Waals surface area contributed by atoms with Crippen LogP contribution in [0.4, 0.5) is 0 Å². The van der Waals surface area contributed by atoms with Crippen molar-refractivity contribution in [1.82, 2.24) is 5.32 Å². The molecule has 2 aliphatic carbocycles. The van der Waals surface area contributed by atoms with Gasteiger partial charge in [0, 0.05) is 18.9 Å². The molecule has 6 rings (SSSR count). The van der Waals surface area contributed by atoms with E-state index in [2.05, 4.69) is 47.8 Å². The van der Waals surface area contributed by atoms with E-state index in [1.165, 1.54) is 40.7 Å². The number of benzene rings is 3. The molecule has 3 aliphatic rings. The van der Waals surface area contributed by atoms with Crippen molar-refractivity contribution in [1.29, 1.82) is 0 Å². The van der Waals surface area contributed by atoms with E-state index in [0.717, 1.165) is 17.5 Å². The van der Waals surface area contributed by atoms with Crippen LogP contribution in [0.15, 0.2) is 78.6 Å². The van der Waals surface area contributed by atoms with Crippen LogP contribution in [0.25, 0.3) is 11.1 Å². The third kappa shape index (κ3) is 4.81. The summed E-state index contributed by atoms with van der Waals surface area (Å²) in [5.41, 5.74) is 8.36. The number of aliphatic hydroxyl groups excluding tert-OH is 1. The van der Waals surface area contributed by atoms with Crippen LogP contribution < -0.4 is 5.32 Å². The van der Waals surface area contributed by atoms with Crippen LogP contribution in [0.2, 0.25) is 0 Å². The number of carbonyl (C=O) groups is 1. The van der Waals surface area contributed by atoms with Gasteiger partial charge in [0.25, 0.3) is 5.91 Å². The summed E-state index contributed by atoms with van der Waals surface area (Å²) in [6.45, 7) is 1.09. The molecule has 0 radical (unpaired) electrons. The molecule has 1 amide bonds. The van der Waals surface area contributed by atoms with E-state index in [4.69, 9.17) is 9.47 Å². The molecule has 0 unspecified atom stereocenters. The second-order valence-electron chi connectivity index (χ2n) is 10.1. The van der Waals surface area contributed by atoms with Gasteiger partial charge in [0.15, 0.2) is 5.76 Å². The van der Waals surface area contributed by atoms with Crippen molar-refractivity contribution < 1.29 is 19.4 Å². The smallest absolute Gasteiger partial charge is 0.286 e. The number of nitrogens with one attached hydrogen (secondary N) is 1. The molecule has 1 fully saturated rings. The van der Waals surface area contributed by atoms with E-state index < -0.39 is 6.29 Å². The molecular weight excluding hydrogens is 450 g/mol. The molecule has 2 N–H and O–H groups in total. The van der Waals surface area contributed by atoms with E-state index in [1.807, 2.05) is 30.3 Å². The van der Waals surface area contributed by atoms with Crippen LogP contribution in [-0.2, 0) is 33.9 Å². The van der Waals surface area contributed by atoms with E-state index in [1.54, 1.807) is 0 Å². The largest absolute Gasteiger partial charge is 0.459 e. The quantitative estimate of drug-likeness (QED) is 0.363. The van der Waals surface area contributed by atoms with E-state index >= 15 is 0 Å². The lowest BCUT2D eigenvalue weighted by Crippen LogP contribution is -2.33. The first-order chi connectivity index (χ1) is 17.7. The van der Waals surface area contributed by atoms with Crippen molar-refractivity contribution in [2.75, 3.05) is 6.54 Å². The number of aliphatic hydroxyl groups is 1. The third-order valence-electron chi connectivity index (χ3n) is 7.46. The van der Waals surface area contributed by atoms with Crippen molar-refractivity contribution in [2.24, 2.45) is 5.92 Å². The number of allylic oxidation sites excluding steroid dienone is 1. The Labute approximate surface area is 211 Å². The number of rotatable bonds is 8. The van der Waals surface area contributed by atoms with E-state index in [-0.39, 0.29) is 18.4 Å². The molecule has 1 aliphatic heterocycles. The molecule has 0 aromatic heterocycles. The number of ether oxygens (including phenoxy) is 2. The SMILES string of the molecule is O=C(NCC1CC1)C1=C[C@@H](c2cccc3c2Cc2ccccc2-3)C[C@@H](OCc2ccc(CO)cc2)O1. The van der Waals surface area contributed by atoms with Gasteiger partial charge in [-0.1, -0.05) is 66.7 Å². The predicted octanol–water partition coefficient (Wildman–Crippen LogP) is 5.21. The van der Waals surface area contributed by atoms with Gasteiger partial charge < -0.3 is 19.9 Å². The Morgan fingerprint density at radius 3 is 2.56 bits per heavy atom. The highest BCUT2D eigenvalue weighted by Crippen LogP contribution is 2.43. The molecule has 0 bridgehead atoms. The first-order valence-corrected chi connectivity index (χ1v) is 12.8. The Morgan fingerprint density at radius 1 is 0.972 bits per heavy atom. The molecule has 0 saturated heterocycles. The minimum absolute atomic E-state index is 0.0178. The van der Waals surface area contributed by atoms with Crippen molar-refractivity contribution in [3.63, 3.8) is 0 Å². The second kappa shape index (κ2) is 9.92. The summed E-state index contributed by atoms with van der Waals surface area (Å²) >= 11 is 0. The number of fused-ring (bicyclic) bond motifs is 3. The summed E-state index contributed by atoms with van der Waals surface area (Å²) in [5.74, 6) is 0.800. The molecular formula is C31H31NO4. The summed E-state index contributed by atoms with van der Waals surface area (Å²) in [5, 5.41) is 12.3. The zero-order valence-corrected chi connectivity index (χ0v) is 20.3. The van der Waals surface area contributed by atoms with Gasteiger partial charge in [-0.2, -0.15) is 0 Å². The average Bonchev–Trinajstić information content (AvgIpc) is 3.68. The van der Waals surface area contributed by atoms with Gasteiger partial charge >= 0.3 is 0 Å². The monoisotopic (exact) mass is 481 g/mol. The van der Waals surface area contributed by atoms with Crippen molar-refractivity contribution >= 4 is 5.91 Å². The Morgan fingerprint density at radius 2 is 1.75 bits per heavy atom. The average molecular weight is 482 g/mol. The maximum absolute atomic E-state index is 13.0. The molecule has 1 saturated carbocycles. The van der Waals surface area contributed by atoms with Crippen LogP contribution >= 0.6 is 0 Å². The Bertz CT molecular complexity index is 1290. The van der Waals surface area contributed by atoms with Crippen LogP contribution in [0.3, 0.4) is 0 Å². The van der Waals surface area contributed by atoms with Gasteiger partial charge in [-0.3, -0.25) is 4.79 Å². The van der Waals surface area contributed by atoms with Crippen LogP contribution in [0.5, 0.6) is 0 Å². The highest BCUT2D eigenvalue weighted by atomic mass is 16.7. The van der Waals surface area contributed by atoms with Gasteiger partial charge in [0.05, 0.1) is 13.2 Å². The van der Waals surface area contributed by atoms with Crippen molar-refractivity contribution in [3.05, 3.63) is 106 Å². The van der Waals surface area contributed by atoms with Crippen molar-refractivity contribution in [2.45, 2.75) is 51.1 Å². The second-order valence-corrected chi connectivity index (χ2v) is 10.1. The Kier molecular flexibility index (Phi) is 6.34. The van der Waals surface area contributed by atoms with Crippen LogP contribution in [0, 0.1) is 5.92 Å². The Hall–Kier alpha value is -3.41. The van der Waals surface area contributed by atoms with Crippen LogP contribution in [0.1, 0.15) is 53.0 Å². The summed E-state index contributed by atoms with van der Waals surface area (Å²) in [6.07, 6.45) is 5.36. The highest BCUT2D eigenvalue weighted by Gasteiger charge is 2.32. The maximum atomic E-state index is 13.0. The molecule has 5 heteroatoms. The lowest BCUT2D eigenvalue weighted by atomic mass is 9.87. The lowest BCUT2D eigenvalue weighted by Gasteiger charge is -2.30. The molecule has 3 aromatic carbocycles. The summed E-state index contributed by atoms with van der Waals surface area (Å²) < 4.78 is 12.3. The number of carbonyl (C=O) groups excluding carboxylic acids is 1. The predicted molar refractivity (Wildman–Crippen MR) is 138 cm³/mol. The molecule has 3 aromatic rings. The number of hydrogen-bond acceptors (Lipinski definition) is 4. The molecule has 184 valence electrons. The van der Waals surface area contributed by atoms with E-state index in [0.29, 0.717) is 31.2 Å². The highest BCUT2D eigenvalue weighted by molar-refractivity contribution is 5.91. The fraction of sp³-hybridized carbons (Fsp3) is 0.323. The minimum atomic E-state index is -0.529. The minimum Gasteiger partial charge on any atom is -0.459 e. The lowest BCUT2D eigenvalue weighted by molar-refractivity contribution is -0.150. The number of amides is 1. The standard InChI is InChI=1S/C31H31NO4/c33-18-21-10-12-22(13-11-21)19-35-30-16-24(15-29(36-30)31(34)32-17-20-8-9-20)26-6-3-7-27-25-5-2-1-4-23(25)14-28(26)27/h1-7,10-13,15,20,24,30,33H,8-9,14,16-19H2,(H,32,34)/t24-,30+/m1/s1. The zero-order chi connectivity index (χ0) is 24.5. The third-order valence-corrected chi connectivity index (χ3v) is 7.46. The maximum Gasteiger partial charge on any atom is 0.286 e. The molecule has 5 nitrogen and oxygen atoms in total. The summed E-state index contributed by atoms with van der Waals surface area (Å²) in [4.78, 5) is 13.0. The van der Waals surface area contributed by atoms with Gasteiger partial charge in [-0.15, -0.1) is 0 Å². The summed E-state index contributed by atoms with van der Waals surface area (Å²) in [7, 11) is 0. The first kappa shape index (κ1) is 23.0. The van der Waals surface area contributed by atoms with E-state index in [9.17, 15) is 9.90 Å². The molecule has 1 heterocycles. The fourth-order valence-corrected chi connectivity index (χ4v) is 5.24. The molecule has 36 heavy (non-hydrogen) atoms. The Balaban J connectivity index is 1.25.